The molecule has 3 rings (SSSR count). The fraction of sp³-hybridized carbons (Fsp3) is 0.348. The highest BCUT2D eigenvalue weighted by atomic mass is 32.2. The molecule has 1 aromatic heterocycles. The molecule has 32 heavy (non-hydrogen) atoms. The lowest BCUT2D eigenvalue weighted by Crippen LogP contribution is -2.24. The van der Waals surface area contributed by atoms with Crippen molar-refractivity contribution in [2.45, 2.75) is 56.5 Å². The largest absolute Gasteiger partial charge is 0.418 e. The van der Waals surface area contributed by atoms with Crippen LogP contribution in [0.5, 0.6) is 0 Å². The molecule has 0 saturated carbocycles. The number of amides is 1. The zero-order valence-corrected chi connectivity index (χ0v) is 18.8. The molecular formula is C23H24F3N3O2S. The second kappa shape index (κ2) is 9.77. The summed E-state index contributed by atoms with van der Waals surface area (Å²) < 4.78 is 42.0. The number of carbonyl (C=O) groups is 1. The molecule has 3 aromatic rings. The van der Waals surface area contributed by atoms with Crippen molar-refractivity contribution >= 4 is 34.3 Å². The first kappa shape index (κ1) is 23.8. The Morgan fingerprint density at radius 2 is 2.00 bits per heavy atom. The SMILES string of the molecule is CC[C@H](C)Sc1ccc(NC(=O)CCn2cnc3c(C)cccc3c2=O)c(C(F)(F)F)c1. The molecule has 0 fully saturated rings. The van der Waals surface area contributed by atoms with Gasteiger partial charge >= 0.3 is 6.18 Å². The minimum Gasteiger partial charge on any atom is -0.325 e. The highest BCUT2D eigenvalue weighted by molar-refractivity contribution is 7.99. The van der Waals surface area contributed by atoms with E-state index in [1.807, 2.05) is 26.8 Å². The minimum atomic E-state index is -4.61. The summed E-state index contributed by atoms with van der Waals surface area (Å²) in [6.45, 7) is 5.76. The molecule has 0 aliphatic carbocycles. The number of hydrogen-bond donors (Lipinski definition) is 1. The number of thioether (sulfide) groups is 1. The van der Waals surface area contributed by atoms with Crippen LogP contribution in [-0.4, -0.2) is 20.7 Å². The molecule has 170 valence electrons. The summed E-state index contributed by atoms with van der Waals surface area (Å²) in [5.74, 6) is -0.617. The summed E-state index contributed by atoms with van der Waals surface area (Å²) in [6, 6.07) is 9.16. The summed E-state index contributed by atoms with van der Waals surface area (Å²) >= 11 is 1.35. The number of nitrogens with zero attached hydrogens (tertiary/aromatic N) is 2. The molecule has 0 unspecified atom stereocenters. The van der Waals surface area contributed by atoms with Gasteiger partial charge in [-0.25, -0.2) is 4.98 Å². The van der Waals surface area contributed by atoms with E-state index >= 15 is 0 Å². The van der Waals surface area contributed by atoms with Gasteiger partial charge in [0.15, 0.2) is 0 Å². The number of aromatic nitrogens is 2. The van der Waals surface area contributed by atoms with Crippen molar-refractivity contribution in [1.82, 2.24) is 9.55 Å². The molecule has 1 N–H and O–H groups in total. The van der Waals surface area contributed by atoms with E-state index < -0.39 is 17.6 Å². The standard InChI is InChI=1S/C23H24F3N3O2S/c1-4-15(3)32-16-8-9-19(18(12-16)23(24,25)26)28-20(30)10-11-29-13-27-21-14(2)6-5-7-17(21)22(29)31/h5-9,12-13,15H,4,10-11H2,1-3H3,(H,28,30)/t15-/m0/s1. The molecule has 5 nitrogen and oxygen atoms in total. The predicted octanol–water partition coefficient (Wildman–Crippen LogP) is 5.64. The fourth-order valence-corrected chi connectivity index (χ4v) is 4.15. The van der Waals surface area contributed by atoms with E-state index in [0.717, 1.165) is 18.1 Å². The quantitative estimate of drug-likeness (QED) is 0.461. The van der Waals surface area contributed by atoms with Crippen LogP contribution >= 0.6 is 11.8 Å². The molecule has 1 amide bonds. The Morgan fingerprint density at radius 1 is 1.25 bits per heavy atom. The van der Waals surface area contributed by atoms with Crippen LogP contribution in [0, 0.1) is 6.92 Å². The number of fused-ring (bicyclic) bond motifs is 1. The topological polar surface area (TPSA) is 64.0 Å². The Bertz CT molecular complexity index is 1190. The molecule has 0 aliphatic heterocycles. The molecule has 1 heterocycles. The summed E-state index contributed by atoms with van der Waals surface area (Å²) in [4.78, 5) is 29.8. The molecule has 0 saturated heterocycles. The van der Waals surface area contributed by atoms with Crippen LogP contribution in [0.1, 0.15) is 37.8 Å². The van der Waals surface area contributed by atoms with Crippen molar-refractivity contribution in [1.29, 1.82) is 0 Å². The summed E-state index contributed by atoms with van der Waals surface area (Å²) in [5.41, 5.74) is -0.0360. The van der Waals surface area contributed by atoms with Crippen LogP contribution in [0.4, 0.5) is 18.9 Å². The first-order valence-electron chi connectivity index (χ1n) is 10.2. The van der Waals surface area contributed by atoms with Gasteiger partial charge in [-0.3, -0.25) is 14.2 Å². The summed E-state index contributed by atoms with van der Waals surface area (Å²) in [7, 11) is 0. The Balaban J connectivity index is 1.75. The maximum Gasteiger partial charge on any atom is 0.418 e. The van der Waals surface area contributed by atoms with Gasteiger partial charge in [-0.2, -0.15) is 13.2 Å². The zero-order valence-electron chi connectivity index (χ0n) is 18.0. The molecular weight excluding hydrogens is 439 g/mol. The molecule has 0 aliphatic rings. The van der Waals surface area contributed by atoms with Gasteiger partial charge in [0.05, 0.1) is 28.5 Å². The Labute approximate surface area is 188 Å². The van der Waals surface area contributed by atoms with Gasteiger partial charge in [0.2, 0.25) is 5.91 Å². The lowest BCUT2D eigenvalue weighted by atomic mass is 10.1. The van der Waals surface area contributed by atoms with E-state index in [0.29, 0.717) is 15.8 Å². The maximum absolute atomic E-state index is 13.6. The third kappa shape index (κ3) is 5.51. The number of halogens is 3. The lowest BCUT2D eigenvalue weighted by molar-refractivity contribution is -0.137. The summed E-state index contributed by atoms with van der Waals surface area (Å²) in [6.07, 6.45) is -2.59. The second-order valence-electron chi connectivity index (χ2n) is 7.55. The van der Waals surface area contributed by atoms with E-state index in [4.69, 9.17) is 0 Å². The number of alkyl halides is 3. The first-order chi connectivity index (χ1) is 15.1. The van der Waals surface area contributed by atoms with Crippen LogP contribution in [0.3, 0.4) is 0 Å². The summed E-state index contributed by atoms with van der Waals surface area (Å²) in [5, 5.41) is 2.95. The van der Waals surface area contributed by atoms with Crippen LogP contribution in [0.15, 0.2) is 52.4 Å². The van der Waals surface area contributed by atoms with Gasteiger partial charge in [0.1, 0.15) is 0 Å². The average molecular weight is 464 g/mol. The van der Waals surface area contributed by atoms with E-state index in [1.54, 1.807) is 18.2 Å². The number of hydrogen-bond acceptors (Lipinski definition) is 4. The van der Waals surface area contributed by atoms with Gasteiger partial charge in [0.25, 0.3) is 5.56 Å². The van der Waals surface area contributed by atoms with E-state index in [9.17, 15) is 22.8 Å². The monoisotopic (exact) mass is 463 g/mol. The van der Waals surface area contributed by atoms with Crippen LogP contribution in [0.25, 0.3) is 10.9 Å². The predicted molar refractivity (Wildman–Crippen MR) is 121 cm³/mol. The minimum absolute atomic E-state index is 0.00481. The van der Waals surface area contributed by atoms with Crippen molar-refractivity contribution in [3.63, 3.8) is 0 Å². The maximum atomic E-state index is 13.6. The van der Waals surface area contributed by atoms with E-state index in [-0.39, 0.29) is 29.5 Å². The first-order valence-corrected chi connectivity index (χ1v) is 11.1. The number of aryl methyl sites for hydroxylation is 2. The average Bonchev–Trinajstić information content (AvgIpc) is 2.74. The number of anilines is 1. The zero-order chi connectivity index (χ0) is 23.5. The number of para-hydroxylation sites is 1. The van der Waals surface area contributed by atoms with Crippen molar-refractivity contribution in [2.75, 3.05) is 5.32 Å². The number of rotatable bonds is 7. The Morgan fingerprint density at radius 3 is 2.69 bits per heavy atom. The Kier molecular flexibility index (Phi) is 7.28. The van der Waals surface area contributed by atoms with Crippen LogP contribution in [-0.2, 0) is 17.5 Å². The van der Waals surface area contributed by atoms with Gasteiger partial charge in [0, 0.05) is 23.1 Å². The smallest absolute Gasteiger partial charge is 0.325 e. The van der Waals surface area contributed by atoms with Gasteiger partial charge in [-0.15, -0.1) is 11.8 Å². The Hall–Kier alpha value is -2.81. The van der Waals surface area contributed by atoms with Crippen molar-refractivity contribution in [2.24, 2.45) is 0 Å². The normalized spacial score (nSPS) is 12.7. The van der Waals surface area contributed by atoms with Gasteiger partial charge < -0.3 is 5.32 Å². The van der Waals surface area contributed by atoms with E-state index in [2.05, 4.69) is 10.3 Å². The molecule has 0 radical (unpaired) electrons. The number of benzene rings is 2. The molecule has 0 bridgehead atoms. The van der Waals surface area contributed by atoms with E-state index in [1.165, 1.54) is 28.7 Å². The van der Waals surface area contributed by atoms with Crippen molar-refractivity contribution in [3.8, 4) is 0 Å². The number of nitrogens with one attached hydrogen (secondary N) is 1. The van der Waals surface area contributed by atoms with Gasteiger partial charge in [-0.05, 0) is 43.2 Å². The molecule has 2 aromatic carbocycles. The highest BCUT2D eigenvalue weighted by Crippen LogP contribution is 2.38. The second-order valence-corrected chi connectivity index (χ2v) is 9.07. The van der Waals surface area contributed by atoms with Crippen molar-refractivity contribution < 1.29 is 18.0 Å². The van der Waals surface area contributed by atoms with Crippen LogP contribution < -0.4 is 10.9 Å². The lowest BCUT2D eigenvalue weighted by Gasteiger charge is -2.16. The molecule has 1 atom stereocenters. The molecule has 0 spiro atoms. The molecule has 9 heteroatoms. The number of carbonyl (C=O) groups excluding carboxylic acids is 1. The van der Waals surface area contributed by atoms with Crippen molar-refractivity contribution in [3.05, 3.63) is 64.2 Å². The van der Waals surface area contributed by atoms with Gasteiger partial charge in [-0.1, -0.05) is 26.0 Å². The van der Waals surface area contributed by atoms with Crippen LogP contribution in [0.2, 0.25) is 0 Å². The fourth-order valence-electron chi connectivity index (χ4n) is 3.19. The third-order valence-corrected chi connectivity index (χ3v) is 6.38. The highest BCUT2D eigenvalue weighted by Gasteiger charge is 2.34. The third-order valence-electron chi connectivity index (χ3n) is 5.12.